The lowest BCUT2D eigenvalue weighted by Gasteiger charge is -2.18. The van der Waals surface area contributed by atoms with Gasteiger partial charge in [-0.2, -0.15) is 0 Å². The molecule has 28 heavy (non-hydrogen) atoms. The lowest BCUT2D eigenvalue weighted by atomic mass is 9.82. The molecule has 142 valence electrons. The highest BCUT2D eigenvalue weighted by Gasteiger charge is 2.48. The molecular weight excluding hydrogens is 352 g/mol. The number of rotatable bonds is 4. The Balaban J connectivity index is 1.45. The van der Waals surface area contributed by atoms with E-state index in [0.717, 1.165) is 11.1 Å². The van der Waals surface area contributed by atoms with Crippen LogP contribution in [0.2, 0.25) is 0 Å². The Morgan fingerprint density at radius 2 is 1.68 bits per heavy atom. The summed E-state index contributed by atoms with van der Waals surface area (Å²) in [4.78, 5) is 39.1. The van der Waals surface area contributed by atoms with E-state index in [4.69, 9.17) is 0 Å². The summed E-state index contributed by atoms with van der Waals surface area (Å²) in [6.07, 6.45) is 3.32. The molecule has 1 fully saturated rings. The van der Waals surface area contributed by atoms with Gasteiger partial charge in [-0.3, -0.25) is 19.3 Å². The summed E-state index contributed by atoms with van der Waals surface area (Å²) < 4.78 is 0. The van der Waals surface area contributed by atoms with Crippen LogP contribution in [0, 0.1) is 11.8 Å². The SMILES string of the molecule is CC1=CC[C@@H]2C(=O)N(c3ccc(C(=O)NCc4ccccc4)cc3)C(=O)[C@@H]2C1. The Kier molecular flexibility index (Phi) is 4.82. The molecule has 1 aliphatic carbocycles. The molecule has 2 aromatic rings. The van der Waals surface area contributed by atoms with Crippen molar-refractivity contribution in [3.8, 4) is 0 Å². The number of hydrogen-bond donors (Lipinski definition) is 1. The first-order valence-corrected chi connectivity index (χ1v) is 9.50. The topological polar surface area (TPSA) is 66.5 Å². The van der Waals surface area contributed by atoms with Crippen LogP contribution in [0.4, 0.5) is 5.69 Å². The first-order valence-electron chi connectivity index (χ1n) is 9.50. The molecule has 5 heteroatoms. The Hall–Kier alpha value is -3.21. The number of nitrogens with zero attached hydrogens (tertiary/aromatic N) is 1. The quantitative estimate of drug-likeness (QED) is 0.658. The molecule has 0 unspecified atom stereocenters. The zero-order chi connectivity index (χ0) is 19.7. The van der Waals surface area contributed by atoms with Crippen LogP contribution < -0.4 is 10.2 Å². The lowest BCUT2D eigenvalue weighted by Crippen LogP contribution is -2.31. The molecule has 2 aromatic carbocycles. The average molecular weight is 374 g/mol. The van der Waals surface area contributed by atoms with Gasteiger partial charge in [0.1, 0.15) is 0 Å². The van der Waals surface area contributed by atoms with Crippen LogP contribution >= 0.6 is 0 Å². The van der Waals surface area contributed by atoms with E-state index in [2.05, 4.69) is 11.4 Å². The van der Waals surface area contributed by atoms with E-state index in [1.807, 2.05) is 37.3 Å². The summed E-state index contributed by atoms with van der Waals surface area (Å²) in [7, 11) is 0. The second-order valence-corrected chi connectivity index (χ2v) is 7.43. The molecule has 2 aliphatic rings. The molecular formula is C23H22N2O3. The van der Waals surface area contributed by atoms with Crippen molar-refractivity contribution in [3.05, 3.63) is 77.4 Å². The van der Waals surface area contributed by atoms with Crippen molar-refractivity contribution in [2.45, 2.75) is 26.3 Å². The standard InChI is InChI=1S/C23H22N2O3/c1-15-7-12-19-20(13-15)23(28)25(22(19)27)18-10-8-17(9-11-18)21(26)24-14-16-5-3-2-4-6-16/h2-11,19-20H,12-14H2,1H3,(H,24,26)/t19-,20+/m0/s1. The Morgan fingerprint density at radius 1 is 1.00 bits per heavy atom. The molecule has 1 saturated heterocycles. The van der Waals surface area contributed by atoms with Gasteiger partial charge in [-0.05, 0) is 49.6 Å². The van der Waals surface area contributed by atoms with Crippen LogP contribution in [-0.2, 0) is 16.1 Å². The van der Waals surface area contributed by atoms with Gasteiger partial charge in [0, 0.05) is 12.1 Å². The van der Waals surface area contributed by atoms with E-state index in [1.165, 1.54) is 4.90 Å². The third kappa shape index (κ3) is 3.36. The first kappa shape index (κ1) is 18.2. The van der Waals surface area contributed by atoms with Gasteiger partial charge in [0.2, 0.25) is 11.8 Å². The van der Waals surface area contributed by atoms with Gasteiger partial charge in [0.15, 0.2) is 0 Å². The van der Waals surface area contributed by atoms with Gasteiger partial charge in [-0.25, -0.2) is 0 Å². The minimum atomic E-state index is -0.259. The second kappa shape index (κ2) is 7.43. The zero-order valence-corrected chi connectivity index (χ0v) is 15.7. The van der Waals surface area contributed by atoms with Crippen LogP contribution in [0.25, 0.3) is 0 Å². The summed E-state index contributed by atoms with van der Waals surface area (Å²) in [5, 5.41) is 2.87. The van der Waals surface area contributed by atoms with Crippen molar-refractivity contribution in [3.63, 3.8) is 0 Å². The number of benzene rings is 2. The van der Waals surface area contributed by atoms with Gasteiger partial charge >= 0.3 is 0 Å². The average Bonchev–Trinajstić information content (AvgIpc) is 2.97. The van der Waals surface area contributed by atoms with Crippen LogP contribution in [0.3, 0.4) is 0 Å². The summed E-state index contributed by atoms with van der Waals surface area (Å²) in [6, 6.07) is 16.3. The molecule has 0 radical (unpaired) electrons. The molecule has 5 nitrogen and oxygen atoms in total. The van der Waals surface area contributed by atoms with Crippen molar-refractivity contribution in [1.29, 1.82) is 0 Å². The minimum Gasteiger partial charge on any atom is -0.348 e. The van der Waals surface area contributed by atoms with Gasteiger partial charge in [0.25, 0.3) is 5.91 Å². The van der Waals surface area contributed by atoms with E-state index in [9.17, 15) is 14.4 Å². The number of amides is 3. The zero-order valence-electron chi connectivity index (χ0n) is 15.7. The van der Waals surface area contributed by atoms with E-state index >= 15 is 0 Å². The Bertz CT molecular complexity index is 948. The summed E-state index contributed by atoms with van der Waals surface area (Å²) in [6.45, 7) is 2.44. The maximum atomic E-state index is 12.8. The predicted octanol–water partition coefficient (Wildman–Crippen LogP) is 3.46. The molecule has 0 spiro atoms. The highest BCUT2D eigenvalue weighted by atomic mass is 16.2. The van der Waals surface area contributed by atoms with Crippen LogP contribution in [0.1, 0.15) is 35.7 Å². The molecule has 0 aromatic heterocycles. The van der Waals surface area contributed by atoms with Crippen molar-refractivity contribution >= 4 is 23.4 Å². The molecule has 1 heterocycles. The molecule has 2 atom stereocenters. The fraction of sp³-hybridized carbons (Fsp3) is 0.261. The maximum absolute atomic E-state index is 12.8. The molecule has 0 saturated carbocycles. The van der Waals surface area contributed by atoms with Crippen molar-refractivity contribution in [2.75, 3.05) is 4.90 Å². The van der Waals surface area contributed by atoms with Crippen LogP contribution in [-0.4, -0.2) is 17.7 Å². The molecule has 0 bridgehead atoms. The third-order valence-electron chi connectivity index (χ3n) is 5.51. The van der Waals surface area contributed by atoms with Gasteiger partial charge in [-0.1, -0.05) is 42.0 Å². The monoisotopic (exact) mass is 374 g/mol. The predicted molar refractivity (Wildman–Crippen MR) is 107 cm³/mol. The number of carbonyl (C=O) groups is 3. The molecule has 1 N–H and O–H groups in total. The summed E-state index contributed by atoms with van der Waals surface area (Å²) in [5.41, 5.74) is 3.21. The fourth-order valence-corrected chi connectivity index (χ4v) is 3.93. The highest BCUT2D eigenvalue weighted by Crippen LogP contribution is 2.39. The maximum Gasteiger partial charge on any atom is 0.251 e. The summed E-state index contributed by atoms with van der Waals surface area (Å²) in [5.74, 6) is -0.983. The normalized spacial score (nSPS) is 21.3. The number of fused-ring (bicyclic) bond motifs is 1. The number of allylic oxidation sites excluding steroid dienone is 2. The van der Waals surface area contributed by atoms with Crippen LogP contribution in [0.5, 0.6) is 0 Å². The molecule has 1 aliphatic heterocycles. The van der Waals surface area contributed by atoms with E-state index in [1.54, 1.807) is 24.3 Å². The molecule has 3 amide bonds. The largest absolute Gasteiger partial charge is 0.348 e. The van der Waals surface area contributed by atoms with E-state index in [-0.39, 0.29) is 29.6 Å². The number of nitrogens with one attached hydrogen (secondary N) is 1. The van der Waals surface area contributed by atoms with Gasteiger partial charge in [0.05, 0.1) is 17.5 Å². The number of carbonyl (C=O) groups excluding carboxylic acids is 3. The number of hydrogen-bond acceptors (Lipinski definition) is 3. The Morgan fingerprint density at radius 3 is 2.39 bits per heavy atom. The molecule has 4 rings (SSSR count). The minimum absolute atomic E-state index is 0.135. The van der Waals surface area contributed by atoms with Gasteiger partial charge < -0.3 is 5.32 Å². The third-order valence-corrected chi connectivity index (χ3v) is 5.51. The van der Waals surface area contributed by atoms with E-state index in [0.29, 0.717) is 30.6 Å². The first-order chi connectivity index (χ1) is 13.5. The van der Waals surface area contributed by atoms with Gasteiger partial charge in [-0.15, -0.1) is 0 Å². The van der Waals surface area contributed by atoms with E-state index < -0.39 is 0 Å². The summed E-state index contributed by atoms with van der Waals surface area (Å²) >= 11 is 0. The van der Waals surface area contributed by atoms with Crippen molar-refractivity contribution in [2.24, 2.45) is 11.8 Å². The lowest BCUT2D eigenvalue weighted by molar-refractivity contribution is -0.122. The Labute approximate surface area is 164 Å². The fourth-order valence-electron chi connectivity index (χ4n) is 3.93. The highest BCUT2D eigenvalue weighted by molar-refractivity contribution is 6.22. The van der Waals surface area contributed by atoms with Crippen molar-refractivity contribution < 1.29 is 14.4 Å². The van der Waals surface area contributed by atoms with Crippen LogP contribution in [0.15, 0.2) is 66.2 Å². The second-order valence-electron chi connectivity index (χ2n) is 7.43. The van der Waals surface area contributed by atoms with Crippen molar-refractivity contribution in [1.82, 2.24) is 5.32 Å². The smallest absolute Gasteiger partial charge is 0.251 e. The number of anilines is 1. The number of imide groups is 1.